The maximum absolute atomic E-state index is 13.7. The second-order valence-corrected chi connectivity index (χ2v) is 10.4. The second kappa shape index (κ2) is 11.4. The lowest BCUT2D eigenvalue weighted by Crippen LogP contribution is -2.25. The molecule has 39 heavy (non-hydrogen) atoms. The van der Waals surface area contributed by atoms with Gasteiger partial charge in [0, 0.05) is 18.2 Å². The summed E-state index contributed by atoms with van der Waals surface area (Å²) in [6.07, 6.45) is 3.22. The quantitative estimate of drug-likeness (QED) is 0.328. The summed E-state index contributed by atoms with van der Waals surface area (Å²) in [4.78, 5) is 20.2. The van der Waals surface area contributed by atoms with Gasteiger partial charge in [0.05, 0.1) is 19.1 Å². The molecule has 10 nitrogen and oxygen atoms in total. The van der Waals surface area contributed by atoms with Crippen molar-refractivity contribution in [3.63, 3.8) is 0 Å². The highest BCUT2D eigenvalue weighted by Gasteiger charge is 2.31. The first-order chi connectivity index (χ1) is 18.8. The van der Waals surface area contributed by atoms with E-state index in [0.717, 1.165) is 6.42 Å². The van der Waals surface area contributed by atoms with Crippen LogP contribution in [0.2, 0.25) is 0 Å². The van der Waals surface area contributed by atoms with E-state index in [2.05, 4.69) is 9.97 Å². The van der Waals surface area contributed by atoms with Crippen LogP contribution in [0, 0.1) is 11.3 Å². The van der Waals surface area contributed by atoms with Gasteiger partial charge in [0.2, 0.25) is 15.7 Å². The van der Waals surface area contributed by atoms with Gasteiger partial charge in [-0.25, -0.2) is 13.4 Å². The van der Waals surface area contributed by atoms with Crippen molar-refractivity contribution in [1.82, 2.24) is 14.5 Å². The van der Waals surface area contributed by atoms with E-state index in [1.54, 1.807) is 42.5 Å². The number of benzene rings is 2. The number of ether oxygens (including phenoxy) is 2. The number of rotatable bonds is 9. The van der Waals surface area contributed by atoms with E-state index in [1.807, 2.05) is 13.0 Å². The van der Waals surface area contributed by atoms with Crippen molar-refractivity contribution in [2.45, 2.75) is 36.0 Å². The van der Waals surface area contributed by atoms with Gasteiger partial charge >= 0.3 is 0 Å². The van der Waals surface area contributed by atoms with E-state index in [-0.39, 0.29) is 33.6 Å². The van der Waals surface area contributed by atoms with Crippen molar-refractivity contribution in [2.24, 2.45) is 0 Å². The Balaban J connectivity index is 1.90. The second-order valence-electron chi connectivity index (χ2n) is 8.51. The number of aromatic hydroxyl groups is 1. The van der Waals surface area contributed by atoms with Gasteiger partial charge in [-0.3, -0.25) is 9.36 Å². The molecule has 0 saturated heterocycles. The Morgan fingerprint density at radius 1 is 1.00 bits per heavy atom. The number of aromatic nitrogens is 3. The monoisotopic (exact) mass is 546 g/mol. The number of nitriles is 1. The Morgan fingerprint density at radius 3 is 2.18 bits per heavy atom. The van der Waals surface area contributed by atoms with Gasteiger partial charge in [0.25, 0.3) is 5.56 Å². The van der Waals surface area contributed by atoms with Crippen LogP contribution in [0.1, 0.15) is 31.3 Å². The molecule has 2 aromatic carbocycles. The number of sulfone groups is 1. The Labute approximate surface area is 225 Å². The third-order valence-corrected chi connectivity index (χ3v) is 7.91. The fourth-order valence-corrected chi connectivity index (χ4v) is 5.47. The highest BCUT2D eigenvalue weighted by atomic mass is 32.2. The van der Waals surface area contributed by atoms with Crippen LogP contribution in [0.5, 0.6) is 17.4 Å². The molecule has 0 fully saturated rings. The molecule has 1 N–H and O–H groups in total. The molecular formula is C28H26N4O6S. The van der Waals surface area contributed by atoms with Gasteiger partial charge in [-0.2, -0.15) is 10.2 Å². The van der Waals surface area contributed by atoms with Crippen molar-refractivity contribution in [3.05, 3.63) is 82.7 Å². The van der Waals surface area contributed by atoms with Crippen molar-refractivity contribution in [1.29, 1.82) is 5.26 Å². The standard InChI is InChI=1S/C28H26N4O6S/c1-4-5-9-24-31-27(33)26(28(34)32(24)25-22(37-2)7-6-8-23(25)38-3)39(35,36)21-14-11-18(12-15-21)19-10-13-20(16-29)30-17-19/h6-8,10-15,17,34H,4-5,9H2,1-3H3. The summed E-state index contributed by atoms with van der Waals surface area (Å²) in [5, 5.41) is 20.4. The van der Waals surface area contributed by atoms with Crippen LogP contribution in [0.25, 0.3) is 16.8 Å². The summed E-state index contributed by atoms with van der Waals surface area (Å²) in [6.45, 7) is 1.96. The molecule has 4 rings (SSSR count). The van der Waals surface area contributed by atoms with Gasteiger partial charge in [-0.1, -0.05) is 31.5 Å². The lowest BCUT2D eigenvalue weighted by Gasteiger charge is -2.21. The van der Waals surface area contributed by atoms with Crippen LogP contribution >= 0.6 is 0 Å². The minimum Gasteiger partial charge on any atom is -0.494 e. The van der Waals surface area contributed by atoms with Crippen LogP contribution in [0.4, 0.5) is 0 Å². The molecule has 0 atom stereocenters. The molecule has 0 aliphatic rings. The first-order valence-electron chi connectivity index (χ1n) is 12.0. The molecule has 11 heteroatoms. The number of hydrogen-bond acceptors (Lipinski definition) is 9. The van der Waals surface area contributed by atoms with E-state index >= 15 is 0 Å². The molecule has 0 bridgehead atoms. The lowest BCUT2D eigenvalue weighted by atomic mass is 10.1. The smallest absolute Gasteiger partial charge is 0.296 e. The third-order valence-electron chi connectivity index (χ3n) is 6.12. The zero-order valence-electron chi connectivity index (χ0n) is 21.6. The Bertz CT molecular complexity index is 1690. The molecule has 0 aliphatic carbocycles. The van der Waals surface area contributed by atoms with Gasteiger partial charge in [-0.05, 0) is 48.4 Å². The molecule has 0 aliphatic heterocycles. The molecule has 4 aromatic rings. The maximum atomic E-state index is 13.7. The number of nitrogens with zero attached hydrogens (tertiary/aromatic N) is 4. The summed E-state index contributed by atoms with van der Waals surface area (Å²) in [6, 6.07) is 15.9. The number of pyridine rings is 1. The molecular weight excluding hydrogens is 520 g/mol. The SMILES string of the molecule is CCCCc1nc(=O)c(S(=O)(=O)c2ccc(-c3ccc(C#N)nc3)cc2)c(O)n1-c1c(OC)cccc1OC. The first kappa shape index (κ1) is 27.3. The normalized spacial score (nSPS) is 11.1. The Hall–Kier alpha value is -4.69. The van der Waals surface area contributed by atoms with Gasteiger partial charge in [0.15, 0.2) is 4.90 Å². The Kier molecular flexibility index (Phi) is 7.97. The van der Waals surface area contributed by atoms with Crippen molar-refractivity contribution in [2.75, 3.05) is 14.2 Å². The highest BCUT2D eigenvalue weighted by Crippen LogP contribution is 2.38. The first-order valence-corrected chi connectivity index (χ1v) is 13.5. The van der Waals surface area contributed by atoms with E-state index in [4.69, 9.17) is 14.7 Å². The minimum absolute atomic E-state index is 0.171. The van der Waals surface area contributed by atoms with E-state index in [1.165, 1.54) is 37.1 Å². The Morgan fingerprint density at radius 2 is 1.64 bits per heavy atom. The topological polar surface area (TPSA) is 144 Å². The van der Waals surface area contributed by atoms with Crippen LogP contribution in [-0.2, 0) is 16.3 Å². The van der Waals surface area contributed by atoms with Gasteiger partial charge in [-0.15, -0.1) is 0 Å². The summed E-state index contributed by atoms with van der Waals surface area (Å²) < 4.78 is 39.6. The molecule has 0 saturated carbocycles. The summed E-state index contributed by atoms with van der Waals surface area (Å²) in [5.74, 6) is -0.0396. The van der Waals surface area contributed by atoms with Crippen molar-refractivity contribution >= 4 is 9.84 Å². The molecule has 2 aromatic heterocycles. The number of para-hydroxylation sites is 1. The zero-order valence-corrected chi connectivity index (χ0v) is 22.4. The average Bonchev–Trinajstić information content (AvgIpc) is 2.95. The predicted molar refractivity (Wildman–Crippen MR) is 143 cm³/mol. The fraction of sp³-hybridized carbons (Fsp3) is 0.214. The van der Waals surface area contributed by atoms with Crippen LogP contribution < -0.4 is 15.0 Å². The van der Waals surface area contributed by atoms with E-state index in [9.17, 15) is 18.3 Å². The van der Waals surface area contributed by atoms with Gasteiger partial charge in [0.1, 0.15) is 34.8 Å². The molecule has 0 amide bonds. The van der Waals surface area contributed by atoms with Crippen molar-refractivity contribution in [3.8, 4) is 40.3 Å². The number of unbranched alkanes of at least 4 members (excludes halogenated alkanes) is 1. The highest BCUT2D eigenvalue weighted by molar-refractivity contribution is 7.91. The largest absolute Gasteiger partial charge is 0.494 e. The zero-order chi connectivity index (χ0) is 28.2. The predicted octanol–water partition coefficient (Wildman–Crippen LogP) is 4.06. The van der Waals surface area contributed by atoms with E-state index < -0.39 is 26.2 Å². The third kappa shape index (κ3) is 5.19. The van der Waals surface area contributed by atoms with Crippen LogP contribution in [0.3, 0.4) is 0 Å². The van der Waals surface area contributed by atoms with Crippen LogP contribution in [0.15, 0.2) is 75.4 Å². The average molecular weight is 547 g/mol. The number of aryl methyl sites for hydroxylation is 1. The number of methoxy groups -OCH3 is 2. The summed E-state index contributed by atoms with van der Waals surface area (Å²) >= 11 is 0. The molecule has 0 spiro atoms. The lowest BCUT2D eigenvalue weighted by molar-refractivity contribution is 0.374. The van der Waals surface area contributed by atoms with Crippen molar-refractivity contribution < 1.29 is 23.0 Å². The minimum atomic E-state index is -4.50. The summed E-state index contributed by atoms with van der Waals surface area (Å²) in [7, 11) is -1.64. The van der Waals surface area contributed by atoms with Gasteiger partial charge < -0.3 is 14.6 Å². The van der Waals surface area contributed by atoms with E-state index in [0.29, 0.717) is 24.0 Å². The molecule has 200 valence electrons. The maximum Gasteiger partial charge on any atom is 0.296 e. The number of hydrogen-bond donors (Lipinski definition) is 1. The fourth-order valence-electron chi connectivity index (χ4n) is 4.14. The molecule has 2 heterocycles. The summed E-state index contributed by atoms with van der Waals surface area (Å²) in [5.41, 5.74) is 0.738. The molecule has 0 radical (unpaired) electrons. The molecule has 0 unspecified atom stereocenters. The van der Waals surface area contributed by atoms with Crippen LogP contribution in [-0.4, -0.2) is 42.3 Å².